The number of allylic oxidation sites excluding steroid dienone is 1. The van der Waals surface area contributed by atoms with Crippen molar-refractivity contribution in [2.45, 2.75) is 31.1 Å². The molecule has 1 aromatic heterocycles. The van der Waals surface area contributed by atoms with Gasteiger partial charge in [0, 0.05) is 17.5 Å². The summed E-state index contributed by atoms with van der Waals surface area (Å²) < 4.78 is 25.9. The lowest BCUT2D eigenvalue weighted by atomic mass is 9.90. The van der Waals surface area contributed by atoms with Crippen molar-refractivity contribution in [1.29, 1.82) is 0 Å². The van der Waals surface area contributed by atoms with E-state index in [1.807, 2.05) is 6.07 Å². The molecule has 0 saturated heterocycles. The van der Waals surface area contributed by atoms with Gasteiger partial charge in [-0.25, -0.2) is 8.78 Å². The number of nitrogens with one attached hydrogen (secondary N) is 2. The van der Waals surface area contributed by atoms with Crippen molar-refractivity contribution in [2.24, 2.45) is 0 Å². The first kappa shape index (κ1) is 16.1. The van der Waals surface area contributed by atoms with E-state index in [0.29, 0.717) is 5.69 Å². The van der Waals surface area contributed by atoms with E-state index >= 15 is 0 Å². The Bertz CT molecular complexity index is 890. The minimum atomic E-state index is -2.82. The lowest BCUT2D eigenvalue weighted by Gasteiger charge is -2.18. The number of anilines is 1. The Morgan fingerprint density at radius 3 is 2.84 bits per heavy atom. The predicted octanol–water partition coefficient (Wildman–Crippen LogP) is 4.58. The van der Waals surface area contributed by atoms with Crippen LogP contribution in [-0.2, 0) is 0 Å². The number of benzene rings is 1. The highest BCUT2D eigenvalue weighted by molar-refractivity contribution is 6.28. The average Bonchev–Trinajstić information content (AvgIpc) is 3.28. The second-order valence-electron chi connectivity index (χ2n) is 6.19. The van der Waals surface area contributed by atoms with Gasteiger partial charge in [0.25, 0.3) is 12.3 Å². The summed E-state index contributed by atoms with van der Waals surface area (Å²) in [6.07, 6.45) is -0.0194. The highest BCUT2D eigenvalue weighted by atomic mass is 35.5. The standard InChI is InChI=1S/C17H14ClF2N3O2/c18-15(24)13-8-4-5-9(13)12-7(8)2-1-3-11(12)22-17(25)10-6-21-23-14(10)16(19)20/h1-3,6,8-9,16,24H,4-5H2,(H,21,23)(H,22,25)/b15-13+. The molecule has 2 aliphatic rings. The molecule has 1 saturated carbocycles. The normalized spacial score (nSPS) is 23.0. The maximum Gasteiger partial charge on any atom is 0.280 e. The summed E-state index contributed by atoms with van der Waals surface area (Å²) in [5, 5.41) is 18.0. The number of aliphatic hydroxyl groups excluding tert-OH is 1. The van der Waals surface area contributed by atoms with Gasteiger partial charge in [0.1, 0.15) is 5.69 Å². The topological polar surface area (TPSA) is 78.0 Å². The molecule has 1 fully saturated rings. The van der Waals surface area contributed by atoms with Crippen LogP contribution in [0.25, 0.3) is 0 Å². The van der Waals surface area contributed by atoms with E-state index in [9.17, 15) is 18.7 Å². The SMILES string of the molecule is O=C(Nc1cccc2c1C1CCC2/C1=C(\O)Cl)c1cn[nH]c1C(F)F. The van der Waals surface area contributed by atoms with E-state index < -0.39 is 18.0 Å². The van der Waals surface area contributed by atoms with Crippen molar-refractivity contribution >= 4 is 23.2 Å². The van der Waals surface area contributed by atoms with Crippen LogP contribution in [0.2, 0.25) is 0 Å². The maximum absolute atomic E-state index is 12.9. The molecule has 4 rings (SSSR count). The van der Waals surface area contributed by atoms with Crippen LogP contribution >= 0.6 is 11.6 Å². The highest BCUT2D eigenvalue weighted by Crippen LogP contribution is 2.59. The molecule has 8 heteroatoms. The number of hydrogen-bond acceptors (Lipinski definition) is 3. The van der Waals surface area contributed by atoms with Crippen molar-refractivity contribution in [3.8, 4) is 0 Å². The quantitative estimate of drug-likeness (QED) is 0.696. The molecule has 1 aromatic carbocycles. The minimum absolute atomic E-state index is 0.0416. The highest BCUT2D eigenvalue weighted by Gasteiger charge is 2.44. The molecule has 2 bridgehead atoms. The van der Waals surface area contributed by atoms with Crippen LogP contribution in [0.1, 0.15) is 58.3 Å². The Hall–Kier alpha value is -2.41. The fraction of sp³-hybridized carbons (Fsp3) is 0.294. The third-order valence-electron chi connectivity index (χ3n) is 4.98. The number of fused-ring (bicyclic) bond motifs is 5. The third-order valence-corrected chi connectivity index (χ3v) is 5.19. The number of carbonyl (C=O) groups is 1. The lowest BCUT2D eigenvalue weighted by molar-refractivity contribution is 0.101. The molecule has 2 aliphatic carbocycles. The zero-order valence-electron chi connectivity index (χ0n) is 12.9. The van der Waals surface area contributed by atoms with Crippen molar-refractivity contribution in [3.63, 3.8) is 0 Å². The van der Waals surface area contributed by atoms with E-state index in [1.165, 1.54) is 0 Å². The van der Waals surface area contributed by atoms with Gasteiger partial charge < -0.3 is 10.4 Å². The van der Waals surface area contributed by atoms with Crippen LogP contribution in [0.3, 0.4) is 0 Å². The number of aromatic amines is 1. The Balaban J connectivity index is 1.70. The molecule has 3 N–H and O–H groups in total. The van der Waals surface area contributed by atoms with Crippen LogP contribution in [0.5, 0.6) is 0 Å². The molecule has 0 aliphatic heterocycles. The number of amides is 1. The van der Waals surface area contributed by atoms with Crippen molar-refractivity contribution in [3.05, 3.63) is 57.6 Å². The molecular weight excluding hydrogens is 352 g/mol. The monoisotopic (exact) mass is 365 g/mol. The lowest BCUT2D eigenvalue weighted by Crippen LogP contribution is -2.16. The Labute approximate surface area is 146 Å². The van der Waals surface area contributed by atoms with Gasteiger partial charge in [-0.1, -0.05) is 12.1 Å². The number of alkyl halides is 2. The molecule has 2 atom stereocenters. The van der Waals surface area contributed by atoms with Gasteiger partial charge in [-0.3, -0.25) is 9.89 Å². The summed E-state index contributed by atoms with van der Waals surface area (Å²) in [7, 11) is 0. The van der Waals surface area contributed by atoms with Crippen LogP contribution < -0.4 is 5.32 Å². The molecule has 2 unspecified atom stereocenters. The van der Waals surface area contributed by atoms with Gasteiger partial charge in [-0.05, 0) is 47.2 Å². The summed E-state index contributed by atoms with van der Waals surface area (Å²) in [4.78, 5) is 12.4. The first-order chi connectivity index (χ1) is 12.0. The number of halogens is 3. The number of aromatic nitrogens is 2. The van der Waals surface area contributed by atoms with Gasteiger partial charge >= 0.3 is 0 Å². The van der Waals surface area contributed by atoms with Gasteiger partial charge in [0.15, 0.2) is 5.22 Å². The summed E-state index contributed by atoms with van der Waals surface area (Å²) in [6.45, 7) is 0. The van der Waals surface area contributed by atoms with Crippen LogP contribution in [0, 0.1) is 0 Å². The van der Waals surface area contributed by atoms with Crippen LogP contribution in [0.4, 0.5) is 14.5 Å². The maximum atomic E-state index is 12.9. The largest absolute Gasteiger partial charge is 0.499 e. The van der Waals surface area contributed by atoms with Crippen molar-refractivity contribution in [1.82, 2.24) is 10.2 Å². The van der Waals surface area contributed by atoms with Crippen molar-refractivity contribution < 1.29 is 18.7 Å². The summed E-state index contributed by atoms with van der Waals surface area (Å²) in [5.41, 5.74) is 2.53. The molecule has 130 valence electrons. The molecule has 0 radical (unpaired) electrons. The molecule has 0 spiro atoms. The van der Waals surface area contributed by atoms with Gasteiger partial charge in [-0.2, -0.15) is 5.10 Å². The van der Waals surface area contributed by atoms with Gasteiger partial charge in [-0.15, -0.1) is 0 Å². The average molecular weight is 366 g/mol. The zero-order chi connectivity index (χ0) is 17.7. The number of carbonyl (C=O) groups excluding carboxylic acids is 1. The third kappa shape index (κ3) is 2.41. The summed E-state index contributed by atoms with van der Waals surface area (Å²) >= 11 is 5.85. The van der Waals surface area contributed by atoms with Gasteiger partial charge in [0.2, 0.25) is 0 Å². The molecular formula is C17H14ClF2N3O2. The Morgan fingerprint density at radius 2 is 2.12 bits per heavy atom. The molecule has 1 amide bonds. The van der Waals surface area contributed by atoms with Crippen LogP contribution in [0.15, 0.2) is 35.2 Å². The Kier molecular flexibility index (Phi) is 3.76. The predicted molar refractivity (Wildman–Crippen MR) is 88.2 cm³/mol. The van der Waals surface area contributed by atoms with E-state index in [1.54, 1.807) is 12.1 Å². The number of hydrogen-bond donors (Lipinski definition) is 3. The number of nitrogens with zero attached hydrogens (tertiary/aromatic N) is 1. The molecule has 5 nitrogen and oxygen atoms in total. The smallest absolute Gasteiger partial charge is 0.280 e. The number of rotatable bonds is 3. The summed E-state index contributed by atoms with van der Waals surface area (Å²) in [6, 6.07) is 5.46. The fourth-order valence-corrected chi connectivity index (χ4v) is 4.28. The van der Waals surface area contributed by atoms with E-state index in [2.05, 4.69) is 15.5 Å². The van der Waals surface area contributed by atoms with Gasteiger partial charge in [0.05, 0.1) is 11.8 Å². The van der Waals surface area contributed by atoms with Crippen LogP contribution in [-0.4, -0.2) is 21.2 Å². The zero-order valence-corrected chi connectivity index (χ0v) is 13.6. The number of aliphatic hydroxyl groups is 1. The minimum Gasteiger partial charge on any atom is -0.499 e. The summed E-state index contributed by atoms with van der Waals surface area (Å²) in [5.74, 6) is -0.673. The van der Waals surface area contributed by atoms with Crippen molar-refractivity contribution in [2.75, 3.05) is 5.32 Å². The molecule has 2 aromatic rings. The second-order valence-corrected chi connectivity index (χ2v) is 6.55. The second kappa shape index (κ2) is 5.84. The van der Waals surface area contributed by atoms with E-state index in [0.717, 1.165) is 35.7 Å². The molecule has 25 heavy (non-hydrogen) atoms. The first-order valence-electron chi connectivity index (χ1n) is 7.83. The first-order valence-corrected chi connectivity index (χ1v) is 8.21. The van der Waals surface area contributed by atoms with E-state index in [4.69, 9.17) is 11.6 Å². The number of H-pyrrole nitrogens is 1. The molecule has 1 heterocycles. The Morgan fingerprint density at radius 1 is 1.36 bits per heavy atom. The van der Waals surface area contributed by atoms with E-state index in [-0.39, 0.29) is 22.6 Å². The fourth-order valence-electron chi connectivity index (χ4n) is 4.02.